The highest BCUT2D eigenvalue weighted by atomic mass is 35.5. The van der Waals surface area contributed by atoms with E-state index in [9.17, 15) is 0 Å². The summed E-state index contributed by atoms with van der Waals surface area (Å²) in [5, 5.41) is 1.91. The molecule has 3 aromatic rings. The van der Waals surface area contributed by atoms with Gasteiger partial charge in [-0.3, -0.25) is 0 Å². The lowest BCUT2D eigenvalue weighted by atomic mass is 10.1. The van der Waals surface area contributed by atoms with Gasteiger partial charge >= 0.3 is 0 Å². The van der Waals surface area contributed by atoms with Gasteiger partial charge in [-0.05, 0) is 18.6 Å². The maximum Gasteiger partial charge on any atom is 0.131 e. The van der Waals surface area contributed by atoms with E-state index in [1.165, 1.54) is 0 Å². The number of nitrogens with zero attached hydrogens (tertiary/aromatic N) is 4. The van der Waals surface area contributed by atoms with E-state index in [1.807, 2.05) is 16.8 Å². The molecular formula is C17H16Cl2N4O. The first kappa shape index (κ1) is 15.7. The maximum absolute atomic E-state index is 6.43. The Labute approximate surface area is 149 Å². The van der Waals surface area contributed by atoms with Crippen molar-refractivity contribution in [2.45, 2.75) is 12.5 Å². The number of ether oxygens (including phenoxy) is 1. The van der Waals surface area contributed by atoms with Gasteiger partial charge in [0.05, 0.1) is 33.7 Å². The van der Waals surface area contributed by atoms with Gasteiger partial charge < -0.3 is 14.2 Å². The molecule has 0 saturated carbocycles. The Morgan fingerprint density at radius 1 is 1.29 bits per heavy atom. The highest BCUT2D eigenvalue weighted by Gasteiger charge is 2.24. The highest BCUT2D eigenvalue weighted by Crippen LogP contribution is 2.35. The summed E-state index contributed by atoms with van der Waals surface area (Å²) < 4.78 is 7.42. The molecule has 3 heterocycles. The van der Waals surface area contributed by atoms with Crippen molar-refractivity contribution >= 4 is 39.9 Å². The lowest BCUT2D eigenvalue weighted by Gasteiger charge is -2.20. The maximum atomic E-state index is 6.43. The lowest BCUT2D eigenvalue weighted by Crippen LogP contribution is -2.23. The summed E-state index contributed by atoms with van der Waals surface area (Å²) in [6.45, 7) is 1.72. The van der Waals surface area contributed by atoms with Crippen LogP contribution in [-0.4, -0.2) is 40.8 Å². The van der Waals surface area contributed by atoms with Crippen LogP contribution in [0.5, 0.6) is 0 Å². The number of hydrogen-bond acceptors (Lipinski definition) is 4. The van der Waals surface area contributed by atoms with Gasteiger partial charge in [0, 0.05) is 44.0 Å². The Bertz CT molecular complexity index is 882. The Hall–Kier alpha value is -1.82. The van der Waals surface area contributed by atoms with Crippen LogP contribution in [0.25, 0.3) is 16.6 Å². The minimum absolute atomic E-state index is 0.231. The molecule has 1 atom stereocenters. The summed E-state index contributed by atoms with van der Waals surface area (Å²) in [4.78, 5) is 11.1. The van der Waals surface area contributed by atoms with Crippen LogP contribution >= 0.6 is 23.2 Å². The fourth-order valence-electron chi connectivity index (χ4n) is 3.11. The molecule has 1 aliphatic heterocycles. The van der Waals surface area contributed by atoms with E-state index in [0.29, 0.717) is 15.6 Å². The summed E-state index contributed by atoms with van der Waals surface area (Å²) in [6.07, 6.45) is 6.64. The fourth-order valence-corrected chi connectivity index (χ4v) is 3.47. The second-order valence-electron chi connectivity index (χ2n) is 5.82. The second kappa shape index (κ2) is 6.24. The van der Waals surface area contributed by atoms with E-state index >= 15 is 0 Å². The number of halogens is 2. The molecule has 1 aliphatic rings. The minimum atomic E-state index is 0.231. The Morgan fingerprint density at radius 3 is 2.88 bits per heavy atom. The van der Waals surface area contributed by atoms with Crippen molar-refractivity contribution in [1.82, 2.24) is 14.5 Å². The van der Waals surface area contributed by atoms with Crippen molar-refractivity contribution in [3.05, 3.63) is 47.0 Å². The molecule has 124 valence electrons. The zero-order valence-electron chi connectivity index (χ0n) is 13.1. The van der Waals surface area contributed by atoms with Crippen LogP contribution in [0.2, 0.25) is 10.0 Å². The zero-order valence-corrected chi connectivity index (χ0v) is 14.6. The number of fused-ring (bicyclic) bond motifs is 1. The second-order valence-corrected chi connectivity index (χ2v) is 6.60. The average Bonchev–Trinajstić information content (AvgIpc) is 3.28. The third kappa shape index (κ3) is 2.62. The summed E-state index contributed by atoms with van der Waals surface area (Å²) in [5.41, 5.74) is 1.68. The van der Waals surface area contributed by atoms with Crippen molar-refractivity contribution < 1.29 is 4.74 Å². The fraction of sp³-hybridized carbons (Fsp3) is 0.294. The van der Waals surface area contributed by atoms with Crippen LogP contribution in [0, 0.1) is 0 Å². The van der Waals surface area contributed by atoms with Crippen LogP contribution < -0.4 is 4.90 Å². The monoisotopic (exact) mass is 362 g/mol. The molecule has 0 radical (unpaired) electrons. The highest BCUT2D eigenvalue weighted by molar-refractivity contribution is 6.45. The molecule has 5 nitrogen and oxygen atoms in total. The van der Waals surface area contributed by atoms with Crippen LogP contribution in [0.1, 0.15) is 6.42 Å². The summed E-state index contributed by atoms with van der Waals surface area (Å²) in [5.74, 6) is 0.870. The van der Waals surface area contributed by atoms with Crippen LogP contribution in [-0.2, 0) is 4.74 Å². The molecule has 0 amide bonds. The number of benzene rings is 1. The van der Waals surface area contributed by atoms with Crippen LogP contribution in [0.4, 0.5) is 5.82 Å². The summed E-state index contributed by atoms with van der Waals surface area (Å²) >= 11 is 12.6. The van der Waals surface area contributed by atoms with Gasteiger partial charge in [0.15, 0.2) is 0 Å². The minimum Gasteiger partial charge on any atom is -0.380 e. The molecule has 7 heteroatoms. The van der Waals surface area contributed by atoms with Crippen molar-refractivity contribution in [3.63, 3.8) is 0 Å². The summed E-state index contributed by atoms with van der Waals surface area (Å²) in [7, 11) is 1.75. The standard InChI is InChI=1S/C17H16Cl2N4O/c1-24-11-4-6-22(9-11)15-8-14(23-7-5-20-10-23)12-2-3-13(18)16(19)17(12)21-15/h2-3,5,7-8,10-11H,4,6,9H2,1H3. The van der Waals surface area contributed by atoms with Gasteiger partial charge in [-0.1, -0.05) is 23.2 Å². The number of hydrogen-bond donors (Lipinski definition) is 0. The van der Waals surface area contributed by atoms with E-state index in [2.05, 4.69) is 16.0 Å². The summed E-state index contributed by atoms with van der Waals surface area (Å²) in [6, 6.07) is 5.80. The van der Waals surface area contributed by atoms with E-state index in [-0.39, 0.29) is 6.10 Å². The van der Waals surface area contributed by atoms with Crippen molar-refractivity contribution in [2.75, 3.05) is 25.1 Å². The normalized spacial score (nSPS) is 17.8. The Kier molecular flexibility index (Phi) is 4.08. The molecular weight excluding hydrogens is 347 g/mol. The number of methoxy groups -OCH3 is 1. The van der Waals surface area contributed by atoms with Crippen LogP contribution in [0.15, 0.2) is 36.9 Å². The molecule has 4 rings (SSSR count). The molecule has 1 unspecified atom stereocenters. The molecule has 0 bridgehead atoms. The quantitative estimate of drug-likeness (QED) is 0.707. The molecule has 2 aromatic heterocycles. The van der Waals surface area contributed by atoms with Crippen molar-refractivity contribution in [1.29, 1.82) is 0 Å². The first-order chi connectivity index (χ1) is 11.7. The van der Waals surface area contributed by atoms with E-state index in [0.717, 1.165) is 36.4 Å². The molecule has 1 aromatic carbocycles. The predicted molar refractivity (Wildman–Crippen MR) is 96.5 cm³/mol. The van der Waals surface area contributed by atoms with E-state index in [4.69, 9.17) is 32.9 Å². The number of rotatable bonds is 3. The van der Waals surface area contributed by atoms with Gasteiger partial charge in [0.1, 0.15) is 5.82 Å². The average molecular weight is 363 g/mol. The van der Waals surface area contributed by atoms with E-state index in [1.54, 1.807) is 25.7 Å². The number of pyridine rings is 1. The smallest absolute Gasteiger partial charge is 0.131 e. The third-order valence-corrected chi connectivity index (χ3v) is 5.22. The molecule has 0 N–H and O–H groups in total. The third-order valence-electron chi connectivity index (χ3n) is 4.42. The Morgan fingerprint density at radius 2 is 2.17 bits per heavy atom. The first-order valence-electron chi connectivity index (χ1n) is 7.72. The molecule has 1 fully saturated rings. The molecule has 1 saturated heterocycles. The Balaban J connectivity index is 1.91. The van der Waals surface area contributed by atoms with Crippen molar-refractivity contribution in [2.24, 2.45) is 0 Å². The number of anilines is 1. The van der Waals surface area contributed by atoms with Gasteiger partial charge in [0.2, 0.25) is 0 Å². The van der Waals surface area contributed by atoms with Crippen LogP contribution in [0.3, 0.4) is 0 Å². The topological polar surface area (TPSA) is 43.2 Å². The number of aromatic nitrogens is 3. The van der Waals surface area contributed by atoms with Gasteiger partial charge in [0.25, 0.3) is 0 Å². The zero-order chi connectivity index (χ0) is 16.7. The molecule has 24 heavy (non-hydrogen) atoms. The first-order valence-corrected chi connectivity index (χ1v) is 8.48. The lowest BCUT2D eigenvalue weighted by molar-refractivity contribution is 0.121. The predicted octanol–water partition coefficient (Wildman–Crippen LogP) is 3.95. The van der Waals surface area contributed by atoms with Crippen molar-refractivity contribution in [3.8, 4) is 5.69 Å². The van der Waals surface area contributed by atoms with Gasteiger partial charge in [-0.2, -0.15) is 0 Å². The van der Waals surface area contributed by atoms with Gasteiger partial charge in [-0.15, -0.1) is 0 Å². The van der Waals surface area contributed by atoms with E-state index < -0.39 is 0 Å². The largest absolute Gasteiger partial charge is 0.380 e. The number of imidazole rings is 1. The SMILES string of the molecule is COC1CCN(c2cc(-n3ccnc3)c3ccc(Cl)c(Cl)c3n2)C1. The van der Waals surface area contributed by atoms with Gasteiger partial charge in [-0.25, -0.2) is 9.97 Å². The molecule has 0 aliphatic carbocycles. The molecule has 0 spiro atoms.